The summed E-state index contributed by atoms with van der Waals surface area (Å²) in [6.07, 6.45) is 1.62. The molecule has 2 rings (SSSR count). The van der Waals surface area contributed by atoms with Crippen molar-refractivity contribution >= 4 is 0 Å². The Hall–Kier alpha value is -1.81. The van der Waals surface area contributed by atoms with Gasteiger partial charge in [-0.3, -0.25) is 4.68 Å². The number of aromatic nitrogens is 2. The predicted molar refractivity (Wildman–Crippen MR) is 80.9 cm³/mol. The average molecular weight is 273 g/mol. The largest absolute Gasteiger partial charge is 0.497 e. The lowest BCUT2D eigenvalue weighted by molar-refractivity contribution is 0.413. The quantitative estimate of drug-likeness (QED) is 0.909. The van der Waals surface area contributed by atoms with Gasteiger partial charge in [0.2, 0.25) is 0 Å². The Morgan fingerprint density at radius 1 is 1.25 bits per heavy atom. The molecule has 0 aliphatic carbocycles. The lowest BCUT2D eigenvalue weighted by Gasteiger charge is -2.25. The van der Waals surface area contributed by atoms with Crippen LogP contribution in [0, 0.1) is 6.92 Å². The fraction of sp³-hybridized carbons (Fsp3) is 0.438. The van der Waals surface area contributed by atoms with E-state index in [0.717, 1.165) is 24.3 Å². The molecule has 0 aliphatic heterocycles. The molecular weight excluding hydrogens is 250 g/mol. The van der Waals surface area contributed by atoms with Crippen LogP contribution in [0.2, 0.25) is 0 Å². The molecule has 1 aromatic carbocycles. The minimum atomic E-state index is -0.297. The lowest BCUT2D eigenvalue weighted by atomic mass is 9.89. The van der Waals surface area contributed by atoms with Gasteiger partial charge in [0, 0.05) is 24.7 Å². The Morgan fingerprint density at radius 3 is 2.40 bits per heavy atom. The topological polar surface area (TPSA) is 53.1 Å². The number of hydrogen-bond acceptors (Lipinski definition) is 3. The van der Waals surface area contributed by atoms with Crippen molar-refractivity contribution in [1.82, 2.24) is 9.78 Å². The van der Waals surface area contributed by atoms with Crippen LogP contribution in [-0.2, 0) is 19.9 Å². The van der Waals surface area contributed by atoms with E-state index in [1.165, 1.54) is 11.3 Å². The van der Waals surface area contributed by atoms with Crippen LogP contribution in [0.4, 0.5) is 0 Å². The van der Waals surface area contributed by atoms with Crippen molar-refractivity contribution in [2.45, 2.75) is 32.2 Å². The highest BCUT2D eigenvalue weighted by Gasteiger charge is 2.21. The number of rotatable bonds is 5. The van der Waals surface area contributed by atoms with Crippen LogP contribution in [0.15, 0.2) is 30.3 Å². The smallest absolute Gasteiger partial charge is 0.118 e. The van der Waals surface area contributed by atoms with E-state index in [0.29, 0.717) is 0 Å². The monoisotopic (exact) mass is 273 g/mol. The van der Waals surface area contributed by atoms with Crippen molar-refractivity contribution in [2.75, 3.05) is 7.11 Å². The minimum Gasteiger partial charge on any atom is -0.497 e. The zero-order chi connectivity index (χ0) is 14.8. The average Bonchev–Trinajstić information content (AvgIpc) is 2.67. The van der Waals surface area contributed by atoms with Crippen LogP contribution >= 0.6 is 0 Å². The second-order valence-corrected chi connectivity index (χ2v) is 5.76. The molecular formula is C16H23N3O. The van der Waals surface area contributed by atoms with Crippen molar-refractivity contribution in [3.8, 4) is 5.75 Å². The normalized spacial score (nSPS) is 14.1. The Bertz CT molecular complexity index is 570. The molecule has 0 bridgehead atoms. The van der Waals surface area contributed by atoms with Gasteiger partial charge in [-0.25, -0.2) is 0 Å². The fourth-order valence-electron chi connectivity index (χ4n) is 2.52. The summed E-state index contributed by atoms with van der Waals surface area (Å²) in [5, 5.41) is 4.37. The van der Waals surface area contributed by atoms with E-state index in [-0.39, 0.29) is 5.54 Å². The lowest BCUT2D eigenvalue weighted by Crippen LogP contribution is -2.41. The van der Waals surface area contributed by atoms with Gasteiger partial charge >= 0.3 is 0 Å². The first-order valence-electron chi connectivity index (χ1n) is 6.81. The maximum Gasteiger partial charge on any atom is 0.118 e. The Balaban J connectivity index is 2.07. The third-order valence-corrected chi connectivity index (χ3v) is 3.45. The summed E-state index contributed by atoms with van der Waals surface area (Å²) in [5.41, 5.74) is 9.58. The van der Waals surface area contributed by atoms with Crippen LogP contribution in [0.1, 0.15) is 23.9 Å². The Morgan fingerprint density at radius 2 is 1.90 bits per heavy atom. The molecule has 1 atom stereocenters. The number of aryl methyl sites for hydroxylation is 2. The van der Waals surface area contributed by atoms with Gasteiger partial charge in [0.25, 0.3) is 0 Å². The van der Waals surface area contributed by atoms with Crippen LogP contribution in [0.3, 0.4) is 0 Å². The molecule has 4 nitrogen and oxygen atoms in total. The highest BCUT2D eigenvalue weighted by Crippen LogP contribution is 2.19. The van der Waals surface area contributed by atoms with Gasteiger partial charge < -0.3 is 10.5 Å². The first-order chi connectivity index (χ1) is 9.39. The van der Waals surface area contributed by atoms with Crippen molar-refractivity contribution in [1.29, 1.82) is 0 Å². The van der Waals surface area contributed by atoms with Crippen molar-refractivity contribution in [3.63, 3.8) is 0 Å². The molecule has 20 heavy (non-hydrogen) atoms. The molecule has 0 radical (unpaired) electrons. The molecule has 1 aromatic heterocycles. The molecule has 1 unspecified atom stereocenters. The third kappa shape index (κ3) is 3.61. The molecule has 0 saturated heterocycles. The molecule has 0 aliphatic rings. The molecule has 0 fully saturated rings. The summed E-state index contributed by atoms with van der Waals surface area (Å²) in [6.45, 7) is 4.08. The van der Waals surface area contributed by atoms with Gasteiger partial charge in [-0.1, -0.05) is 12.1 Å². The number of methoxy groups -OCH3 is 1. The van der Waals surface area contributed by atoms with Crippen molar-refractivity contribution in [3.05, 3.63) is 47.3 Å². The van der Waals surface area contributed by atoms with Crippen LogP contribution < -0.4 is 10.5 Å². The van der Waals surface area contributed by atoms with Crippen LogP contribution in [0.5, 0.6) is 5.75 Å². The summed E-state index contributed by atoms with van der Waals surface area (Å²) in [4.78, 5) is 0. The first-order valence-corrected chi connectivity index (χ1v) is 6.81. The van der Waals surface area contributed by atoms with Crippen molar-refractivity contribution in [2.24, 2.45) is 12.8 Å². The number of benzene rings is 1. The van der Waals surface area contributed by atoms with Crippen molar-refractivity contribution < 1.29 is 4.74 Å². The minimum absolute atomic E-state index is 0.297. The van der Waals surface area contributed by atoms with Crippen LogP contribution in [-0.4, -0.2) is 22.4 Å². The zero-order valence-corrected chi connectivity index (χ0v) is 12.7. The molecule has 2 aromatic rings. The molecule has 1 heterocycles. The van der Waals surface area contributed by atoms with E-state index in [1.807, 2.05) is 30.8 Å². The van der Waals surface area contributed by atoms with E-state index in [9.17, 15) is 0 Å². The zero-order valence-electron chi connectivity index (χ0n) is 12.7. The van der Waals surface area contributed by atoms with E-state index in [4.69, 9.17) is 10.5 Å². The van der Waals surface area contributed by atoms with E-state index < -0.39 is 0 Å². The fourth-order valence-corrected chi connectivity index (χ4v) is 2.52. The van der Waals surface area contributed by atoms with Gasteiger partial charge in [0.05, 0.1) is 12.8 Å². The number of ether oxygens (including phenoxy) is 1. The Kier molecular flexibility index (Phi) is 4.14. The number of nitrogens with two attached hydrogens (primary N) is 1. The van der Waals surface area contributed by atoms with Gasteiger partial charge in [0.15, 0.2) is 0 Å². The maximum atomic E-state index is 6.46. The van der Waals surface area contributed by atoms with E-state index in [2.05, 4.69) is 30.2 Å². The summed E-state index contributed by atoms with van der Waals surface area (Å²) >= 11 is 0. The molecule has 4 heteroatoms. The van der Waals surface area contributed by atoms with E-state index >= 15 is 0 Å². The third-order valence-electron chi connectivity index (χ3n) is 3.45. The Labute approximate surface area is 120 Å². The molecule has 2 N–H and O–H groups in total. The van der Waals surface area contributed by atoms with Gasteiger partial charge in [0.1, 0.15) is 5.75 Å². The summed E-state index contributed by atoms with van der Waals surface area (Å²) in [7, 11) is 3.64. The maximum absolute atomic E-state index is 6.46. The van der Waals surface area contributed by atoms with E-state index in [1.54, 1.807) is 7.11 Å². The number of hydrogen-bond donors (Lipinski definition) is 1. The molecule has 0 saturated carbocycles. The van der Waals surface area contributed by atoms with Gasteiger partial charge in [-0.15, -0.1) is 0 Å². The summed E-state index contributed by atoms with van der Waals surface area (Å²) in [5.74, 6) is 0.870. The van der Waals surface area contributed by atoms with Gasteiger partial charge in [-0.2, -0.15) is 5.10 Å². The second-order valence-electron chi connectivity index (χ2n) is 5.76. The van der Waals surface area contributed by atoms with Gasteiger partial charge in [-0.05, 0) is 44.0 Å². The SMILES string of the molecule is COc1ccc(CC(C)(N)Cc2cc(C)nn2C)cc1. The second kappa shape index (κ2) is 5.67. The van der Waals surface area contributed by atoms with Crippen LogP contribution in [0.25, 0.3) is 0 Å². The summed E-state index contributed by atoms with van der Waals surface area (Å²) in [6, 6.07) is 10.2. The number of nitrogens with zero attached hydrogens (tertiary/aromatic N) is 2. The highest BCUT2D eigenvalue weighted by atomic mass is 16.5. The molecule has 108 valence electrons. The highest BCUT2D eigenvalue weighted by molar-refractivity contribution is 5.28. The molecule has 0 amide bonds. The first kappa shape index (κ1) is 14.6. The standard InChI is InChI=1S/C16H23N3O/c1-12-9-14(19(3)18-12)11-16(2,17)10-13-5-7-15(20-4)8-6-13/h5-9H,10-11,17H2,1-4H3. The molecule has 0 spiro atoms. The summed E-state index contributed by atoms with van der Waals surface area (Å²) < 4.78 is 7.08. The predicted octanol–water partition coefficient (Wildman–Crippen LogP) is 2.24.